The molecule has 0 spiro atoms. The molecule has 1 rings (SSSR count). The first-order valence-corrected chi connectivity index (χ1v) is 7.01. The average molecular weight is 264 g/mol. The molecule has 106 valence electrons. The van der Waals surface area contributed by atoms with E-state index in [2.05, 4.69) is 13.8 Å². The van der Waals surface area contributed by atoms with Crippen molar-refractivity contribution in [2.45, 2.75) is 39.5 Å². The molecule has 0 aliphatic carbocycles. The molecule has 1 atom stereocenters. The molecule has 3 heteroatoms. The van der Waals surface area contributed by atoms with E-state index in [0.717, 1.165) is 12.7 Å². The predicted molar refractivity (Wildman–Crippen MR) is 77.2 cm³/mol. The molecule has 0 bridgehead atoms. The molecular formula is C16H24O3. The van der Waals surface area contributed by atoms with E-state index < -0.39 is 0 Å². The lowest BCUT2D eigenvalue weighted by Gasteiger charge is -2.17. The summed E-state index contributed by atoms with van der Waals surface area (Å²) in [5.41, 5.74) is 0.609. The Morgan fingerprint density at radius 3 is 2.63 bits per heavy atom. The van der Waals surface area contributed by atoms with Crippen LogP contribution in [0.2, 0.25) is 0 Å². The fraction of sp³-hybridized carbons (Fsp3) is 0.562. The summed E-state index contributed by atoms with van der Waals surface area (Å²) in [6.45, 7) is 5.06. The van der Waals surface area contributed by atoms with Crippen LogP contribution in [0.25, 0.3) is 0 Å². The monoisotopic (exact) mass is 264 g/mol. The van der Waals surface area contributed by atoms with Crippen LogP contribution in [0.3, 0.4) is 0 Å². The maximum absolute atomic E-state index is 10.8. The summed E-state index contributed by atoms with van der Waals surface area (Å²) in [5, 5.41) is 0. The second-order valence-electron chi connectivity index (χ2n) is 4.76. The summed E-state index contributed by atoms with van der Waals surface area (Å²) in [7, 11) is 1.61. The average Bonchev–Trinajstić information content (AvgIpc) is 2.47. The highest BCUT2D eigenvalue weighted by Gasteiger charge is 2.10. The molecule has 0 aromatic heterocycles. The van der Waals surface area contributed by atoms with Gasteiger partial charge in [0.05, 0.1) is 13.7 Å². The summed E-state index contributed by atoms with van der Waals surface area (Å²) in [6.07, 6.45) is 5.55. The third-order valence-corrected chi connectivity index (χ3v) is 3.34. The van der Waals surface area contributed by atoms with E-state index in [-0.39, 0.29) is 0 Å². The van der Waals surface area contributed by atoms with Gasteiger partial charge in [0.2, 0.25) is 0 Å². The zero-order chi connectivity index (χ0) is 14.1. The van der Waals surface area contributed by atoms with Gasteiger partial charge >= 0.3 is 0 Å². The van der Waals surface area contributed by atoms with Gasteiger partial charge in [-0.05, 0) is 30.5 Å². The second-order valence-corrected chi connectivity index (χ2v) is 4.76. The fourth-order valence-electron chi connectivity index (χ4n) is 1.99. The highest BCUT2D eigenvalue weighted by Crippen LogP contribution is 2.28. The van der Waals surface area contributed by atoms with Crippen molar-refractivity contribution < 1.29 is 14.3 Å². The van der Waals surface area contributed by atoms with Crippen LogP contribution in [0.1, 0.15) is 49.9 Å². The Hall–Kier alpha value is -1.51. The zero-order valence-electron chi connectivity index (χ0n) is 12.1. The maximum Gasteiger partial charge on any atom is 0.161 e. The molecular weight excluding hydrogens is 240 g/mol. The van der Waals surface area contributed by atoms with E-state index in [9.17, 15) is 4.79 Å². The molecule has 0 aliphatic rings. The van der Waals surface area contributed by atoms with Crippen LogP contribution < -0.4 is 9.47 Å². The van der Waals surface area contributed by atoms with Gasteiger partial charge in [0.15, 0.2) is 11.5 Å². The van der Waals surface area contributed by atoms with Crippen molar-refractivity contribution in [3.05, 3.63) is 23.8 Å². The Morgan fingerprint density at radius 2 is 2.05 bits per heavy atom. The molecule has 0 heterocycles. The maximum atomic E-state index is 10.8. The van der Waals surface area contributed by atoms with Gasteiger partial charge in [0, 0.05) is 5.56 Å². The number of ether oxygens (including phenoxy) is 2. The van der Waals surface area contributed by atoms with Crippen LogP contribution in [-0.4, -0.2) is 20.0 Å². The van der Waals surface area contributed by atoms with Gasteiger partial charge in [-0.25, -0.2) is 0 Å². The van der Waals surface area contributed by atoms with E-state index in [1.54, 1.807) is 25.3 Å². The molecule has 0 fully saturated rings. The Bertz CT molecular complexity index is 388. The first kappa shape index (κ1) is 15.5. The Balaban J connectivity index is 2.66. The smallest absolute Gasteiger partial charge is 0.161 e. The summed E-state index contributed by atoms with van der Waals surface area (Å²) in [6, 6.07) is 5.23. The van der Waals surface area contributed by atoms with Crippen molar-refractivity contribution in [2.24, 2.45) is 5.92 Å². The molecule has 0 N–H and O–H groups in total. The third kappa shape index (κ3) is 4.93. The van der Waals surface area contributed by atoms with Gasteiger partial charge in [0.25, 0.3) is 0 Å². The highest BCUT2D eigenvalue weighted by molar-refractivity contribution is 5.76. The summed E-state index contributed by atoms with van der Waals surface area (Å²) in [4.78, 5) is 10.8. The van der Waals surface area contributed by atoms with Gasteiger partial charge < -0.3 is 9.47 Å². The quantitative estimate of drug-likeness (QED) is 0.630. The number of carbonyl (C=O) groups is 1. The van der Waals surface area contributed by atoms with Crippen molar-refractivity contribution >= 4 is 6.29 Å². The lowest BCUT2D eigenvalue weighted by Crippen LogP contribution is -2.11. The summed E-state index contributed by atoms with van der Waals surface area (Å²) >= 11 is 0. The zero-order valence-corrected chi connectivity index (χ0v) is 12.1. The molecule has 0 aliphatic heterocycles. The normalized spacial score (nSPS) is 11.9. The largest absolute Gasteiger partial charge is 0.493 e. The lowest BCUT2D eigenvalue weighted by atomic mass is 10.0. The van der Waals surface area contributed by atoms with Gasteiger partial charge in [-0.15, -0.1) is 0 Å². The molecule has 19 heavy (non-hydrogen) atoms. The number of aldehydes is 1. The molecule has 0 unspecified atom stereocenters. The molecule has 1 aromatic carbocycles. The SMILES string of the molecule is CCCC[C@@H](CC)COc1cc(C=O)ccc1OC. The van der Waals surface area contributed by atoms with E-state index in [0.29, 0.717) is 29.6 Å². The van der Waals surface area contributed by atoms with Gasteiger partial charge in [-0.3, -0.25) is 4.79 Å². The van der Waals surface area contributed by atoms with E-state index in [4.69, 9.17) is 9.47 Å². The fourth-order valence-corrected chi connectivity index (χ4v) is 1.99. The Morgan fingerprint density at radius 1 is 1.26 bits per heavy atom. The standard InChI is InChI=1S/C16H24O3/c1-4-6-7-13(5-2)12-19-16-10-14(11-17)8-9-15(16)18-3/h8-11,13H,4-7,12H2,1-3H3/t13-/m1/s1. The van der Waals surface area contributed by atoms with Crippen molar-refractivity contribution in [3.63, 3.8) is 0 Å². The first-order valence-electron chi connectivity index (χ1n) is 7.01. The number of hydrogen-bond acceptors (Lipinski definition) is 3. The molecule has 0 saturated carbocycles. The van der Waals surface area contributed by atoms with Crippen molar-refractivity contribution in [3.8, 4) is 11.5 Å². The minimum absolute atomic E-state index is 0.560. The lowest BCUT2D eigenvalue weighted by molar-refractivity contribution is 0.112. The molecule has 1 aromatic rings. The van der Waals surface area contributed by atoms with Crippen molar-refractivity contribution in [1.29, 1.82) is 0 Å². The van der Waals surface area contributed by atoms with Crippen LogP contribution in [0.4, 0.5) is 0 Å². The minimum Gasteiger partial charge on any atom is -0.493 e. The summed E-state index contributed by atoms with van der Waals surface area (Å²) < 4.78 is 11.1. The molecule has 3 nitrogen and oxygen atoms in total. The van der Waals surface area contributed by atoms with E-state index in [1.165, 1.54) is 19.3 Å². The Labute approximate surface area is 115 Å². The van der Waals surface area contributed by atoms with Crippen LogP contribution in [0.15, 0.2) is 18.2 Å². The topological polar surface area (TPSA) is 35.5 Å². The van der Waals surface area contributed by atoms with Crippen LogP contribution in [0, 0.1) is 5.92 Å². The van der Waals surface area contributed by atoms with Crippen LogP contribution in [0.5, 0.6) is 11.5 Å². The number of benzene rings is 1. The van der Waals surface area contributed by atoms with Crippen molar-refractivity contribution in [2.75, 3.05) is 13.7 Å². The van der Waals surface area contributed by atoms with Gasteiger partial charge in [0.1, 0.15) is 6.29 Å². The number of hydrogen-bond donors (Lipinski definition) is 0. The highest BCUT2D eigenvalue weighted by atomic mass is 16.5. The van der Waals surface area contributed by atoms with Gasteiger partial charge in [-0.1, -0.05) is 33.1 Å². The van der Waals surface area contributed by atoms with Crippen LogP contribution in [-0.2, 0) is 0 Å². The number of methoxy groups -OCH3 is 1. The van der Waals surface area contributed by atoms with E-state index >= 15 is 0 Å². The molecule has 0 saturated heterocycles. The molecule has 0 radical (unpaired) electrons. The summed E-state index contributed by atoms with van der Waals surface area (Å²) in [5.74, 6) is 1.89. The molecule has 0 amide bonds. The third-order valence-electron chi connectivity index (χ3n) is 3.34. The number of rotatable bonds is 9. The van der Waals surface area contributed by atoms with Crippen LogP contribution >= 0.6 is 0 Å². The predicted octanol–water partition coefficient (Wildman–Crippen LogP) is 4.10. The Kier molecular flexibility index (Phi) is 7.01. The first-order chi connectivity index (χ1) is 9.24. The number of carbonyl (C=O) groups excluding carboxylic acids is 1. The number of unbranched alkanes of at least 4 members (excludes halogenated alkanes) is 1. The minimum atomic E-state index is 0.560. The van der Waals surface area contributed by atoms with Crippen molar-refractivity contribution in [1.82, 2.24) is 0 Å². The van der Waals surface area contributed by atoms with Gasteiger partial charge in [-0.2, -0.15) is 0 Å². The second kappa shape index (κ2) is 8.57. The van der Waals surface area contributed by atoms with E-state index in [1.807, 2.05) is 0 Å².